The Bertz CT molecular complexity index is 1290. The molecule has 0 saturated carbocycles. The molecule has 4 aromatic rings. The van der Waals surface area contributed by atoms with Crippen LogP contribution in [0.2, 0.25) is 0 Å². The lowest BCUT2D eigenvalue weighted by atomic mass is 10.2. The van der Waals surface area contributed by atoms with Crippen LogP contribution in [0.5, 0.6) is 0 Å². The van der Waals surface area contributed by atoms with Gasteiger partial charge in [0, 0.05) is 43.6 Å². The van der Waals surface area contributed by atoms with E-state index in [-0.39, 0.29) is 5.69 Å². The number of nitrogens with zero attached hydrogens (tertiary/aromatic N) is 5. The number of benzene rings is 1. The average Bonchev–Trinajstić information content (AvgIpc) is 3.16. The number of nitrogens with one attached hydrogen (secondary N) is 4. The Balaban J connectivity index is 1.30. The summed E-state index contributed by atoms with van der Waals surface area (Å²) in [4.78, 5) is 35.2. The molecule has 1 aliphatic heterocycles. The van der Waals surface area contributed by atoms with Gasteiger partial charge in [0.25, 0.3) is 0 Å². The maximum atomic E-state index is 11.5. The molecule has 0 spiro atoms. The Kier molecular flexibility index (Phi) is 5.20. The number of hydrogen-bond donors (Lipinski definition) is 4. The van der Waals surface area contributed by atoms with Crippen LogP contribution in [0.4, 0.5) is 29.0 Å². The van der Waals surface area contributed by atoms with Crippen molar-refractivity contribution in [2.24, 2.45) is 0 Å². The van der Waals surface area contributed by atoms with Gasteiger partial charge in [-0.1, -0.05) is 0 Å². The third-order valence-corrected chi connectivity index (χ3v) is 5.58. The molecule has 164 valence electrons. The van der Waals surface area contributed by atoms with Crippen molar-refractivity contribution in [1.29, 1.82) is 0 Å². The molecular weight excluding hydrogens is 406 g/mol. The molecule has 1 saturated heterocycles. The Hall–Kier alpha value is -3.92. The monoisotopic (exact) mass is 431 g/mol. The van der Waals surface area contributed by atoms with Crippen molar-refractivity contribution in [3.8, 4) is 0 Å². The maximum absolute atomic E-state index is 11.5. The third kappa shape index (κ3) is 4.26. The van der Waals surface area contributed by atoms with Crippen LogP contribution in [0.15, 0.2) is 47.5 Å². The summed E-state index contributed by atoms with van der Waals surface area (Å²) in [5.74, 6) is 2.14. The minimum absolute atomic E-state index is 0.228. The fourth-order valence-corrected chi connectivity index (χ4v) is 3.69. The van der Waals surface area contributed by atoms with Crippen LogP contribution in [-0.2, 0) is 0 Å². The first-order chi connectivity index (χ1) is 15.5. The van der Waals surface area contributed by atoms with Crippen LogP contribution in [0.3, 0.4) is 0 Å². The predicted molar refractivity (Wildman–Crippen MR) is 126 cm³/mol. The third-order valence-electron chi connectivity index (χ3n) is 5.58. The van der Waals surface area contributed by atoms with Crippen molar-refractivity contribution < 1.29 is 0 Å². The number of hydrogen-bond acceptors (Lipinski definition) is 8. The van der Waals surface area contributed by atoms with E-state index in [1.165, 1.54) is 0 Å². The number of aromatic amines is 2. The molecule has 0 amide bonds. The number of likely N-dealkylation sites (N-methyl/N-ethyl adjacent to an activating group) is 1. The zero-order chi connectivity index (χ0) is 22.1. The topological polar surface area (TPSA) is 118 Å². The van der Waals surface area contributed by atoms with Crippen LogP contribution in [0, 0.1) is 6.92 Å². The number of pyridine rings is 1. The molecule has 4 heterocycles. The number of aromatic nitrogens is 5. The van der Waals surface area contributed by atoms with Crippen molar-refractivity contribution in [2.45, 2.75) is 6.92 Å². The fraction of sp³-hybridized carbons (Fsp3) is 0.273. The van der Waals surface area contributed by atoms with E-state index in [1.54, 1.807) is 12.4 Å². The highest BCUT2D eigenvalue weighted by molar-refractivity contribution is 5.80. The molecule has 1 fully saturated rings. The molecule has 0 radical (unpaired) electrons. The van der Waals surface area contributed by atoms with Gasteiger partial charge in [-0.05, 0) is 44.3 Å². The summed E-state index contributed by atoms with van der Waals surface area (Å²) < 4.78 is 0. The normalized spacial score (nSPS) is 14.6. The van der Waals surface area contributed by atoms with Crippen LogP contribution < -0.4 is 21.2 Å². The summed E-state index contributed by atoms with van der Waals surface area (Å²) in [7, 11) is 2.14. The number of rotatable bonds is 5. The largest absolute Gasteiger partial charge is 0.354 e. The number of H-pyrrole nitrogens is 2. The minimum Gasteiger partial charge on any atom is -0.354 e. The minimum atomic E-state index is -0.228. The zero-order valence-electron chi connectivity index (χ0n) is 18.0. The van der Waals surface area contributed by atoms with E-state index in [0.29, 0.717) is 11.8 Å². The molecule has 0 bridgehead atoms. The molecule has 10 nitrogen and oxygen atoms in total. The van der Waals surface area contributed by atoms with Crippen LogP contribution in [0.25, 0.3) is 11.0 Å². The predicted octanol–water partition coefficient (Wildman–Crippen LogP) is 2.59. The molecule has 3 aromatic heterocycles. The first kappa shape index (κ1) is 20.0. The Morgan fingerprint density at radius 1 is 0.906 bits per heavy atom. The van der Waals surface area contributed by atoms with E-state index >= 15 is 0 Å². The quantitative estimate of drug-likeness (QED) is 0.381. The lowest BCUT2D eigenvalue weighted by molar-refractivity contribution is 0.312. The molecule has 4 N–H and O–H groups in total. The second-order valence-electron chi connectivity index (χ2n) is 8.01. The van der Waals surface area contributed by atoms with Crippen molar-refractivity contribution in [3.63, 3.8) is 0 Å². The number of fused-ring (bicyclic) bond motifs is 1. The summed E-state index contributed by atoms with van der Waals surface area (Å²) in [6.45, 7) is 5.99. The van der Waals surface area contributed by atoms with E-state index in [1.807, 2.05) is 37.3 Å². The van der Waals surface area contributed by atoms with Gasteiger partial charge in [0.2, 0.25) is 5.95 Å². The smallest absolute Gasteiger partial charge is 0.323 e. The van der Waals surface area contributed by atoms with Gasteiger partial charge in [-0.2, -0.15) is 4.98 Å². The molecule has 0 aliphatic carbocycles. The highest BCUT2D eigenvalue weighted by Crippen LogP contribution is 2.23. The van der Waals surface area contributed by atoms with E-state index in [0.717, 1.165) is 60.0 Å². The number of imidazole rings is 1. The standard InChI is InChI=1S/C22H25N9O/c1-14-12-24-21(26-16-4-6-19(23-13-16)31-9-7-30(2)8-10-31)29-20(14)25-15-3-5-17-18(11-15)28-22(32)27-17/h3-6,11-13H,7-10H2,1-2H3,(H2,27,28,32)(H2,24,25,26,29). The van der Waals surface area contributed by atoms with Crippen molar-refractivity contribution in [3.05, 3.63) is 58.8 Å². The molecule has 1 aromatic carbocycles. The van der Waals surface area contributed by atoms with Gasteiger partial charge in [-0.15, -0.1) is 0 Å². The second kappa shape index (κ2) is 8.31. The van der Waals surface area contributed by atoms with Gasteiger partial charge < -0.3 is 30.4 Å². The number of aryl methyl sites for hydroxylation is 1. The van der Waals surface area contributed by atoms with Crippen molar-refractivity contribution >= 4 is 40.0 Å². The van der Waals surface area contributed by atoms with E-state index in [9.17, 15) is 4.79 Å². The highest BCUT2D eigenvalue weighted by Gasteiger charge is 2.15. The molecule has 1 aliphatic rings. The molecule has 0 unspecified atom stereocenters. The van der Waals surface area contributed by atoms with Gasteiger partial charge in [0.05, 0.1) is 22.9 Å². The molecular formula is C22H25N9O. The SMILES string of the molecule is Cc1cnc(Nc2ccc(N3CCN(C)CC3)nc2)nc1Nc1ccc2[nH]c(=O)[nH]c2c1. The van der Waals surface area contributed by atoms with E-state index < -0.39 is 0 Å². The molecule has 5 rings (SSSR count). The average molecular weight is 432 g/mol. The number of piperazine rings is 1. The van der Waals surface area contributed by atoms with E-state index in [2.05, 4.69) is 52.4 Å². The van der Waals surface area contributed by atoms with Gasteiger partial charge in [0.15, 0.2) is 0 Å². The summed E-state index contributed by atoms with van der Waals surface area (Å²) in [5, 5.41) is 6.53. The van der Waals surface area contributed by atoms with Gasteiger partial charge >= 0.3 is 5.69 Å². The fourth-order valence-electron chi connectivity index (χ4n) is 3.69. The van der Waals surface area contributed by atoms with Gasteiger partial charge in [-0.3, -0.25) is 0 Å². The molecule has 0 atom stereocenters. The van der Waals surface area contributed by atoms with Gasteiger partial charge in [0.1, 0.15) is 11.6 Å². The van der Waals surface area contributed by atoms with Crippen molar-refractivity contribution in [2.75, 3.05) is 48.8 Å². The lowest BCUT2D eigenvalue weighted by Gasteiger charge is -2.33. The number of anilines is 5. The lowest BCUT2D eigenvalue weighted by Crippen LogP contribution is -2.44. The Labute approximate surface area is 184 Å². The maximum Gasteiger partial charge on any atom is 0.323 e. The molecule has 32 heavy (non-hydrogen) atoms. The summed E-state index contributed by atoms with van der Waals surface area (Å²) in [6, 6.07) is 9.62. The van der Waals surface area contributed by atoms with Crippen LogP contribution in [-0.4, -0.2) is 63.0 Å². The van der Waals surface area contributed by atoms with Crippen molar-refractivity contribution in [1.82, 2.24) is 29.8 Å². The first-order valence-electron chi connectivity index (χ1n) is 10.5. The first-order valence-corrected chi connectivity index (χ1v) is 10.5. The van der Waals surface area contributed by atoms with Crippen LogP contribution >= 0.6 is 0 Å². The Morgan fingerprint density at radius 2 is 1.69 bits per heavy atom. The van der Waals surface area contributed by atoms with Gasteiger partial charge in [-0.25, -0.2) is 14.8 Å². The highest BCUT2D eigenvalue weighted by atomic mass is 16.1. The zero-order valence-corrected chi connectivity index (χ0v) is 18.0. The van der Waals surface area contributed by atoms with Crippen LogP contribution in [0.1, 0.15) is 5.56 Å². The summed E-state index contributed by atoms with van der Waals surface area (Å²) in [6.07, 6.45) is 3.57. The summed E-state index contributed by atoms with van der Waals surface area (Å²) in [5.41, 5.74) is 3.81. The Morgan fingerprint density at radius 3 is 2.47 bits per heavy atom. The molecule has 10 heteroatoms. The summed E-state index contributed by atoms with van der Waals surface area (Å²) >= 11 is 0. The van der Waals surface area contributed by atoms with E-state index in [4.69, 9.17) is 0 Å². The second-order valence-corrected chi connectivity index (χ2v) is 8.01.